The van der Waals surface area contributed by atoms with Gasteiger partial charge >= 0.3 is 58.6 Å². The van der Waals surface area contributed by atoms with E-state index in [2.05, 4.69) is 42.0 Å². The van der Waals surface area contributed by atoms with Gasteiger partial charge in [0, 0.05) is 7.05 Å². The van der Waals surface area contributed by atoms with Crippen molar-refractivity contribution in [1.82, 2.24) is 21.3 Å². The molecule has 22 heteroatoms. The predicted molar refractivity (Wildman–Crippen MR) is 233 cm³/mol. The van der Waals surface area contributed by atoms with Crippen LogP contribution in [0.5, 0.6) is 23.0 Å². The van der Waals surface area contributed by atoms with Crippen LogP contribution in [0.15, 0.2) is 66.7 Å². The van der Waals surface area contributed by atoms with Crippen LogP contribution in [0.3, 0.4) is 0 Å². The molecule has 359 valence electrons. The molecule has 0 aromatic heterocycles. The minimum absolute atomic E-state index is 0. The molecule has 6 rings (SSSR count). The van der Waals surface area contributed by atoms with E-state index in [4.69, 9.17) is 18.6 Å². The van der Waals surface area contributed by atoms with Crippen LogP contribution in [-0.4, -0.2) is 63.0 Å². The SMILES string of the molecule is CNC(=O)[C@@H]1NC(=O)[C@H](c2ccccc2)NC(=O)[C@H](NC(=O)OC(C)(C)C)[C@H](O[Si](C)(C)C(C)(C)C)c2ccc(cc2)Oc2cc1cc(O)c2OC.F[P-](F)(F)(F)(F)F.[CH]1[CH][CH][CH][CH]1.[Ru+2]. The van der Waals surface area contributed by atoms with E-state index < -0.39 is 69.8 Å². The van der Waals surface area contributed by atoms with Gasteiger partial charge in [0.15, 0.2) is 19.8 Å². The van der Waals surface area contributed by atoms with Crippen molar-refractivity contribution >= 4 is 39.9 Å². The van der Waals surface area contributed by atoms with Gasteiger partial charge < -0.3 is 45.0 Å². The first-order valence-electron chi connectivity index (χ1n) is 19.7. The minimum Gasteiger partial charge on any atom is -0.0312 e. The van der Waals surface area contributed by atoms with E-state index in [0.29, 0.717) is 16.9 Å². The maximum atomic E-state index is 14.6. The first-order valence-corrected chi connectivity index (χ1v) is 24.6. The Morgan fingerprint density at radius 1 is 0.785 bits per heavy atom. The summed E-state index contributed by atoms with van der Waals surface area (Å²) in [6.45, 7) is 15.3. The van der Waals surface area contributed by atoms with Crippen LogP contribution in [0.4, 0.5) is 30.0 Å². The van der Waals surface area contributed by atoms with Gasteiger partial charge in [0.25, 0.3) is 0 Å². The van der Waals surface area contributed by atoms with Gasteiger partial charge in [-0.1, -0.05) is 63.2 Å². The normalized spacial score (nSPS) is 20.2. The molecule has 1 aliphatic carbocycles. The van der Waals surface area contributed by atoms with Crippen LogP contribution in [0.1, 0.15) is 76.4 Å². The van der Waals surface area contributed by atoms with E-state index in [1.165, 1.54) is 26.3 Å². The number of nitrogens with one attached hydrogen (secondary N) is 4. The number of likely N-dealkylation sites (N-methyl/N-ethyl adjacent to an activating group) is 1. The molecule has 2 heterocycles. The average molecular weight is 1050 g/mol. The van der Waals surface area contributed by atoms with Gasteiger partial charge in [0.2, 0.25) is 23.5 Å². The van der Waals surface area contributed by atoms with Crippen LogP contribution in [0.25, 0.3) is 0 Å². The van der Waals surface area contributed by atoms with Crippen LogP contribution < -0.4 is 30.7 Å². The summed E-state index contributed by atoms with van der Waals surface area (Å²) in [6, 6.07) is 13.9. The number of hydrogen-bond acceptors (Lipinski definition) is 9. The van der Waals surface area contributed by atoms with Crippen molar-refractivity contribution < 1.29 is 87.6 Å². The van der Waals surface area contributed by atoms with Crippen LogP contribution in [0.2, 0.25) is 18.1 Å². The van der Waals surface area contributed by atoms with Gasteiger partial charge in [-0.3, -0.25) is 14.4 Å². The number of carbonyl (C=O) groups is 4. The Morgan fingerprint density at radius 2 is 1.31 bits per heavy atom. The van der Waals surface area contributed by atoms with E-state index in [1.54, 1.807) is 75.4 Å². The zero-order chi connectivity index (χ0) is 48.5. The fourth-order valence-corrected chi connectivity index (χ4v) is 6.87. The summed E-state index contributed by atoms with van der Waals surface area (Å²) < 4.78 is 83.3. The Bertz CT molecular complexity index is 2090. The molecule has 3 aliphatic rings. The Kier molecular flexibility index (Phi) is 18.7. The summed E-state index contributed by atoms with van der Waals surface area (Å²) in [5.41, 5.74) is 0.217. The number of halogens is 6. The van der Waals surface area contributed by atoms with E-state index in [1.807, 2.05) is 45.2 Å². The van der Waals surface area contributed by atoms with Crippen molar-refractivity contribution in [1.29, 1.82) is 0 Å². The van der Waals surface area contributed by atoms with Crippen molar-refractivity contribution in [3.63, 3.8) is 0 Å². The summed E-state index contributed by atoms with van der Waals surface area (Å²) in [5.74, 6) is -2.03. The van der Waals surface area contributed by atoms with E-state index in [9.17, 15) is 49.5 Å². The molecule has 0 spiro atoms. The molecule has 0 saturated heterocycles. The molecule has 13 nitrogen and oxygen atoms in total. The monoisotopic (exact) mass is 1050 g/mol. The molecule has 5 N–H and O–H groups in total. The number of phenolic OH excluding ortho intramolecular Hbond substituents is 1. The quantitative estimate of drug-likeness (QED) is 0.0915. The fraction of sp³-hybridized carbons (Fsp3) is 0.372. The standard InChI is InChI=1S/C38H50N4O9Si.C5H5.F6P.Ru/c1-37(2,3)50-36(47)42-30-31(51-52(9,10)38(4,5)6)23-16-18-25(19-17-23)49-27-21-24(20-26(43)32(27)48-8)29(33(44)39-7)41-34(45)28(40-35(30)46)22-14-12-11-13-15-22;1-2-4-5-3-1;1-7(2,3,4,5)6;/h11-21,28-31,43H,1-10H3,(H,39,44)(H,40,46)(H,41,45)(H,42,47);1-5H;;/q;;-1;+2/t28-,29+,30+,31+;;;/m0.../s1. The number of rotatable bonds is 6. The topological polar surface area (TPSA) is 174 Å². The number of fused-ring (bicyclic) bond motifs is 9. The van der Waals surface area contributed by atoms with Crippen molar-refractivity contribution in [2.45, 2.75) is 89.5 Å². The van der Waals surface area contributed by atoms with E-state index >= 15 is 0 Å². The van der Waals surface area contributed by atoms with Crippen LogP contribution in [0, 0.1) is 32.1 Å². The van der Waals surface area contributed by atoms with Gasteiger partial charge in [-0.2, -0.15) is 0 Å². The number of phenols is 1. The second-order valence-electron chi connectivity index (χ2n) is 17.0. The third-order valence-electron chi connectivity index (χ3n) is 9.55. The third kappa shape index (κ3) is 19.1. The number of amides is 4. The summed E-state index contributed by atoms with van der Waals surface area (Å²) in [6.07, 6.45) is 8.08. The zero-order valence-corrected chi connectivity index (χ0v) is 41.0. The molecule has 5 radical (unpaired) electrons. The number of alkyl carbamates (subject to hydrolysis) is 1. The Balaban J connectivity index is 0.000000972. The van der Waals surface area contributed by atoms with Gasteiger partial charge in [-0.15, -0.1) is 0 Å². The summed E-state index contributed by atoms with van der Waals surface area (Å²) >= 11 is 0. The van der Waals surface area contributed by atoms with Crippen molar-refractivity contribution in [3.05, 3.63) is 116 Å². The predicted octanol–water partition coefficient (Wildman–Crippen LogP) is 10.3. The number of methoxy groups -OCH3 is 1. The molecule has 4 bridgehead atoms. The molecule has 2 aliphatic heterocycles. The van der Waals surface area contributed by atoms with Crippen molar-refractivity contribution in [2.75, 3.05) is 14.2 Å². The molecule has 4 amide bonds. The molecule has 1 fully saturated rings. The molecule has 0 unspecified atom stereocenters. The molecule has 3 aromatic rings. The fourth-order valence-electron chi connectivity index (χ4n) is 5.61. The van der Waals surface area contributed by atoms with Gasteiger partial charge in [0.05, 0.1) is 13.2 Å². The van der Waals surface area contributed by atoms with Gasteiger partial charge in [-0.25, -0.2) is 4.79 Å². The maximum absolute atomic E-state index is 14.6. The molecule has 1 saturated carbocycles. The van der Waals surface area contributed by atoms with Crippen molar-refractivity contribution in [3.8, 4) is 23.0 Å². The maximum Gasteiger partial charge on any atom is 2.00 e. The molecule has 4 atom stereocenters. The zero-order valence-electron chi connectivity index (χ0n) is 37.3. The van der Waals surface area contributed by atoms with E-state index in [-0.39, 0.29) is 47.3 Å². The molecular weight excluding hydrogens is 991 g/mol. The van der Waals surface area contributed by atoms with Crippen molar-refractivity contribution in [2.24, 2.45) is 0 Å². The molecule has 65 heavy (non-hydrogen) atoms. The number of aromatic hydroxyl groups is 1. The summed E-state index contributed by atoms with van der Waals surface area (Å²) in [4.78, 5) is 55.7. The summed E-state index contributed by atoms with van der Waals surface area (Å²) in [5, 5.41) is 21.5. The molecule has 3 aromatic carbocycles. The third-order valence-corrected chi connectivity index (χ3v) is 14.0. The Labute approximate surface area is 389 Å². The second-order valence-corrected chi connectivity index (χ2v) is 23.7. The van der Waals surface area contributed by atoms with E-state index in [0.717, 1.165) is 0 Å². The summed E-state index contributed by atoms with van der Waals surface area (Å²) in [7, 11) is -10.6. The van der Waals surface area contributed by atoms with Gasteiger partial charge in [0.1, 0.15) is 29.5 Å². The van der Waals surface area contributed by atoms with Gasteiger partial charge in [-0.05, 0) is 112 Å². The smallest absolute Gasteiger partial charge is 0.0312 e. The number of carbonyl (C=O) groups excluding carboxylic acids is 4. The number of benzene rings is 3. The Morgan fingerprint density at radius 3 is 1.77 bits per heavy atom. The molecular formula is C43H55F6N4O9PRuSi+. The minimum atomic E-state index is -10.7. The largest absolute Gasteiger partial charge is 2.00 e. The first kappa shape index (κ1) is 56.7. The van der Waals surface area contributed by atoms with Crippen LogP contribution >= 0.6 is 7.81 Å². The average Bonchev–Trinajstić information content (AvgIpc) is 3.76. The number of hydrogen-bond donors (Lipinski definition) is 5. The number of ether oxygens (including phenoxy) is 3. The second kappa shape index (κ2) is 21.5. The van der Waals surface area contributed by atoms with Crippen LogP contribution in [-0.2, 0) is 43.0 Å². The first-order chi connectivity index (χ1) is 29.2. The Hall–Kier alpha value is -4.45.